The summed E-state index contributed by atoms with van der Waals surface area (Å²) in [6.45, 7) is 2.44. The van der Waals surface area contributed by atoms with Crippen LogP contribution in [0, 0.1) is 0 Å². The van der Waals surface area contributed by atoms with Crippen molar-refractivity contribution in [2.24, 2.45) is 0 Å². The smallest absolute Gasteiger partial charge is 0.255 e. The Hall–Kier alpha value is -0.580. The highest BCUT2D eigenvalue weighted by Gasteiger charge is 2.40. The molecule has 1 aromatic rings. The third-order valence-electron chi connectivity index (χ3n) is 2.53. The van der Waals surface area contributed by atoms with E-state index in [1.165, 1.54) is 0 Å². The van der Waals surface area contributed by atoms with Crippen molar-refractivity contribution in [1.82, 2.24) is 4.90 Å². The van der Waals surface area contributed by atoms with Gasteiger partial charge in [0, 0.05) is 4.47 Å². The van der Waals surface area contributed by atoms with Crippen LogP contribution >= 0.6 is 27.5 Å². The van der Waals surface area contributed by atoms with Gasteiger partial charge in [0.15, 0.2) is 0 Å². The third kappa shape index (κ3) is 2.10. The molecule has 0 bridgehead atoms. The van der Waals surface area contributed by atoms with Gasteiger partial charge in [-0.25, -0.2) is 0 Å². The molecule has 1 saturated heterocycles. The highest BCUT2D eigenvalue weighted by Crippen LogP contribution is 2.29. The third-order valence-corrected chi connectivity index (χ3v) is 3.93. The van der Waals surface area contributed by atoms with Crippen LogP contribution in [0.4, 0.5) is 0 Å². The summed E-state index contributed by atoms with van der Waals surface area (Å²) in [6.07, 6.45) is 0. The van der Waals surface area contributed by atoms with Gasteiger partial charge in [-0.1, -0.05) is 17.7 Å². The second-order valence-corrected chi connectivity index (χ2v) is 5.46. The van der Waals surface area contributed by atoms with Crippen LogP contribution in [0.25, 0.3) is 0 Å². The van der Waals surface area contributed by atoms with Gasteiger partial charge < -0.3 is 10.0 Å². The molecule has 3 nitrogen and oxygen atoms in total. The minimum absolute atomic E-state index is 0.110. The van der Waals surface area contributed by atoms with E-state index >= 15 is 0 Å². The van der Waals surface area contributed by atoms with Crippen LogP contribution in [0.15, 0.2) is 22.7 Å². The SMILES string of the molecule is CC1(O)CN(C(=O)c2cccc(Cl)c2Br)C1. The Morgan fingerprint density at radius 3 is 2.75 bits per heavy atom. The predicted octanol–water partition coefficient (Wildman–Crippen LogP) is 2.31. The van der Waals surface area contributed by atoms with Gasteiger partial charge in [-0.05, 0) is 35.0 Å². The molecule has 0 radical (unpaired) electrons. The van der Waals surface area contributed by atoms with Crippen LogP contribution < -0.4 is 0 Å². The Balaban J connectivity index is 2.20. The Morgan fingerprint density at radius 1 is 1.56 bits per heavy atom. The van der Waals surface area contributed by atoms with Crippen molar-refractivity contribution in [3.8, 4) is 0 Å². The van der Waals surface area contributed by atoms with Gasteiger partial charge in [0.2, 0.25) is 0 Å². The topological polar surface area (TPSA) is 40.5 Å². The zero-order valence-corrected chi connectivity index (χ0v) is 11.0. The number of aliphatic hydroxyl groups is 1. The molecule has 2 rings (SSSR count). The van der Waals surface area contributed by atoms with E-state index in [1.807, 2.05) is 0 Å². The molecule has 1 fully saturated rings. The molecule has 0 aliphatic carbocycles. The molecular weight excluding hydrogens is 293 g/mol. The monoisotopic (exact) mass is 303 g/mol. The fraction of sp³-hybridized carbons (Fsp3) is 0.364. The molecule has 1 amide bonds. The van der Waals surface area contributed by atoms with Gasteiger partial charge >= 0.3 is 0 Å². The van der Waals surface area contributed by atoms with Crippen molar-refractivity contribution in [2.45, 2.75) is 12.5 Å². The van der Waals surface area contributed by atoms with E-state index in [-0.39, 0.29) is 5.91 Å². The lowest BCUT2D eigenvalue weighted by molar-refractivity contribution is -0.0669. The van der Waals surface area contributed by atoms with E-state index in [9.17, 15) is 9.90 Å². The number of likely N-dealkylation sites (tertiary alicyclic amines) is 1. The van der Waals surface area contributed by atoms with Crippen molar-refractivity contribution in [1.29, 1.82) is 0 Å². The number of amides is 1. The molecule has 5 heteroatoms. The Kier molecular flexibility index (Phi) is 2.99. The predicted molar refractivity (Wildman–Crippen MR) is 65.7 cm³/mol. The number of carbonyl (C=O) groups is 1. The molecule has 16 heavy (non-hydrogen) atoms. The second-order valence-electron chi connectivity index (χ2n) is 4.26. The molecular formula is C11H11BrClNO2. The van der Waals surface area contributed by atoms with Crippen molar-refractivity contribution >= 4 is 33.4 Å². The summed E-state index contributed by atoms with van der Waals surface area (Å²) in [6, 6.07) is 5.16. The number of benzene rings is 1. The molecule has 1 aliphatic rings. The van der Waals surface area contributed by atoms with Crippen LogP contribution in [0.3, 0.4) is 0 Å². The molecule has 1 aliphatic heterocycles. The quantitative estimate of drug-likeness (QED) is 0.865. The first-order valence-electron chi connectivity index (χ1n) is 4.86. The van der Waals surface area contributed by atoms with Gasteiger partial charge in [-0.15, -0.1) is 0 Å². The molecule has 0 aromatic heterocycles. The minimum atomic E-state index is -0.749. The summed E-state index contributed by atoms with van der Waals surface area (Å²) in [7, 11) is 0. The first kappa shape index (κ1) is 11.9. The van der Waals surface area contributed by atoms with Crippen LogP contribution in [-0.4, -0.2) is 34.6 Å². The van der Waals surface area contributed by atoms with E-state index < -0.39 is 5.60 Å². The number of halogens is 2. The average molecular weight is 305 g/mol. The first-order chi connectivity index (χ1) is 7.41. The number of nitrogens with zero attached hydrogens (tertiary/aromatic N) is 1. The average Bonchev–Trinajstić information content (AvgIpc) is 2.17. The zero-order valence-electron chi connectivity index (χ0n) is 8.70. The lowest BCUT2D eigenvalue weighted by Gasteiger charge is -2.44. The number of hydrogen-bond donors (Lipinski definition) is 1. The maximum atomic E-state index is 12.0. The van der Waals surface area contributed by atoms with Crippen molar-refractivity contribution in [3.05, 3.63) is 33.3 Å². The summed E-state index contributed by atoms with van der Waals surface area (Å²) in [5.41, 5.74) is -0.219. The molecule has 1 aromatic carbocycles. The van der Waals surface area contributed by atoms with Crippen LogP contribution in [0.1, 0.15) is 17.3 Å². The van der Waals surface area contributed by atoms with E-state index in [1.54, 1.807) is 30.0 Å². The normalized spacial score (nSPS) is 18.1. The van der Waals surface area contributed by atoms with Crippen LogP contribution in [0.5, 0.6) is 0 Å². The fourth-order valence-electron chi connectivity index (χ4n) is 1.76. The first-order valence-corrected chi connectivity index (χ1v) is 6.03. The highest BCUT2D eigenvalue weighted by molar-refractivity contribution is 9.10. The van der Waals surface area contributed by atoms with E-state index in [0.29, 0.717) is 28.1 Å². The summed E-state index contributed by atoms with van der Waals surface area (Å²) in [5, 5.41) is 10.1. The number of carbonyl (C=O) groups excluding carboxylic acids is 1. The molecule has 0 spiro atoms. The standard InChI is InChI=1S/C11H11BrClNO2/c1-11(16)5-14(6-11)10(15)7-3-2-4-8(13)9(7)12/h2-4,16H,5-6H2,1H3. The number of hydrogen-bond acceptors (Lipinski definition) is 2. The lowest BCUT2D eigenvalue weighted by Crippen LogP contribution is -2.61. The lowest BCUT2D eigenvalue weighted by atomic mass is 9.96. The molecule has 1 heterocycles. The van der Waals surface area contributed by atoms with Gasteiger partial charge in [0.1, 0.15) is 0 Å². The van der Waals surface area contributed by atoms with Crippen LogP contribution in [0.2, 0.25) is 5.02 Å². The maximum Gasteiger partial charge on any atom is 0.255 e. The van der Waals surface area contributed by atoms with Crippen molar-refractivity contribution in [2.75, 3.05) is 13.1 Å². The second kappa shape index (κ2) is 4.02. The molecule has 86 valence electrons. The molecule has 1 N–H and O–H groups in total. The number of β-amino-alcohol motifs (C(OH)–C–C–N with tert-alkyl or cyclic N) is 1. The van der Waals surface area contributed by atoms with Crippen molar-refractivity contribution in [3.63, 3.8) is 0 Å². The minimum Gasteiger partial charge on any atom is -0.386 e. The van der Waals surface area contributed by atoms with Crippen molar-refractivity contribution < 1.29 is 9.90 Å². The van der Waals surface area contributed by atoms with Gasteiger partial charge in [-0.3, -0.25) is 4.79 Å². The van der Waals surface area contributed by atoms with Crippen LogP contribution in [-0.2, 0) is 0 Å². The van der Waals surface area contributed by atoms with Gasteiger partial charge in [-0.2, -0.15) is 0 Å². The summed E-state index contributed by atoms with van der Waals surface area (Å²) in [4.78, 5) is 13.6. The summed E-state index contributed by atoms with van der Waals surface area (Å²) >= 11 is 9.20. The summed E-state index contributed by atoms with van der Waals surface area (Å²) < 4.78 is 0.605. The Labute approximate surface area is 107 Å². The Morgan fingerprint density at radius 2 is 2.19 bits per heavy atom. The molecule has 0 saturated carbocycles. The van der Waals surface area contributed by atoms with Gasteiger partial charge in [0.05, 0.1) is 29.3 Å². The number of rotatable bonds is 1. The van der Waals surface area contributed by atoms with E-state index in [4.69, 9.17) is 11.6 Å². The van der Waals surface area contributed by atoms with Gasteiger partial charge in [0.25, 0.3) is 5.91 Å². The maximum absolute atomic E-state index is 12.0. The Bertz CT molecular complexity index is 440. The fourth-order valence-corrected chi connectivity index (χ4v) is 2.37. The highest BCUT2D eigenvalue weighted by atomic mass is 79.9. The largest absolute Gasteiger partial charge is 0.386 e. The van der Waals surface area contributed by atoms with E-state index in [0.717, 1.165) is 0 Å². The molecule has 0 atom stereocenters. The molecule has 0 unspecified atom stereocenters. The summed E-state index contributed by atoms with van der Waals surface area (Å²) in [5.74, 6) is -0.110. The van der Waals surface area contributed by atoms with E-state index in [2.05, 4.69) is 15.9 Å². The zero-order chi connectivity index (χ0) is 11.9.